The molecular formula is C14H22O. The van der Waals surface area contributed by atoms with E-state index in [1.807, 2.05) is 6.08 Å². The van der Waals surface area contributed by atoms with Crippen LogP contribution in [0.5, 0.6) is 0 Å². The fraction of sp³-hybridized carbons (Fsp3) is 0.786. The summed E-state index contributed by atoms with van der Waals surface area (Å²) in [5, 5.41) is 0. The van der Waals surface area contributed by atoms with E-state index in [-0.39, 0.29) is 0 Å². The Balaban J connectivity index is 2.09. The number of carbonyl (C=O) groups excluding carboxylic acids is 1. The van der Waals surface area contributed by atoms with E-state index in [1.54, 1.807) is 0 Å². The summed E-state index contributed by atoms with van der Waals surface area (Å²) in [6.07, 6.45) is 11.8. The molecule has 0 heterocycles. The second kappa shape index (κ2) is 4.96. The van der Waals surface area contributed by atoms with Crippen LogP contribution in [0.2, 0.25) is 0 Å². The molecule has 15 heavy (non-hydrogen) atoms. The van der Waals surface area contributed by atoms with Crippen LogP contribution in [-0.2, 0) is 4.79 Å². The van der Waals surface area contributed by atoms with Gasteiger partial charge in [-0.05, 0) is 43.6 Å². The molecule has 1 heteroatoms. The van der Waals surface area contributed by atoms with E-state index in [0.717, 1.165) is 24.7 Å². The highest BCUT2D eigenvalue weighted by Gasteiger charge is 2.28. The lowest BCUT2D eigenvalue weighted by molar-refractivity contribution is -0.115. The highest BCUT2D eigenvalue weighted by Crippen LogP contribution is 2.39. The predicted octanol–water partition coefficient (Wildman–Crippen LogP) is 3.88. The third kappa shape index (κ3) is 2.50. The van der Waals surface area contributed by atoms with Crippen molar-refractivity contribution >= 4 is 5.78 Å². The maximum absolute atomic E-state index is 11.4. The maximum atomic E-state index is 11.4. The SMILES string of the molecule is CCC1CCCCC1C1=CC(=O)CCC1. The minimum atomic E-state index is 0.372. The maximum Gasteiger partial charge on any atom is 0.155 e. The molecule has 84 valence electrons. The Labute approximate surface area is 92.9 Å². The summed E-state index contributed by atoms with van der Waals surface area (Å²) in [4.78, 5) is 11.4. The van der Waals surface area contributed by atoms with Crippen molar-refractivity contribution in [3.05, 3.63) is 11.6 Å². The second-order valence-corrected chi connectivity index (χ2v) is 5.10. The zero-order chi connectivity index (χ0) is 10.7. The van der Waals surface area contributed by atoms with Gasteiger partial charge in [0.15, 0.2) is 5.78 Å². The van der Waals surface area contributed by atoms with Gasteiger partial charge in [0.05, 0.1) is 0 Å². The van der Waals surface area contributed by atoms with Crippen LogP contribution in [0.15, 0.2) is 11.6 Å². The van der Waals surface area contributed by atoms with E-state index in [0.29, 0.717) is 5.78 Å². The number of hydrogen-bond donors (Lipinski definition) is 0. The van der Waals surface area contributed by atoms with Crippen LogP contribution in [0, 0.1) is 11.8 Å². The molecule has 0 aromatic heterocycles. The molecule has 0 aromatic carbocycles. The molecule has 0 spiro atoms. The van der Waals surface area contributed by atoms with Gasteiger partial charge in [0.2, 0.25) is 0 Å². The lowest BCUT2D eigenvalue weighted by atomic mass is 9.71. The summed E-state index contributed by atoms with van der Waals surface area (Å²) in [5.74, 6) is 1.97. The molecule has 2 unspecified atom stereocenters. The summed E-state index contributed by atoms with van der Waals surface area (Å²) in [6, 6.07) is 0. The Morgan fingerprint density at radius 1 is 1.20 bits per heavy atom. The van der Waals surface area contributed by atoms with E-state index in [2.05, 4.69) is 6.92 Å². The molecule has 0 radical (unpaired) electrons. The van der Waals surface area contributed by atoms with Crippen LogP contribution >= 0.6 is 0 Å². The van der Waals surface area contributed by atoms with Crippen molar-refractivity contribution in [2.45, 2.75) is 58.3 Å². The molecule has 2 rings (SSSR count). The van der Waals surface area contributed by atoms with Crippen molar-refractivity contribution in [2.24, 2.45) is 11.8 Å². The van der Waals surface area contributed by atoms with Gasteiger partial charge in [0, 0.05) is 6.42 Å². The monoisotopic (exact) mass is 206 g/mol. The van der Waals surface area contributed by atoms with Gasteiger partial charge in [-0.15, -0.1) is 0 Å². The molecule has 0 saturated heterocycles. The second-order valence-electron chi connectivity index (χ2n) is 5.10. The van der Waals surface area contributed by atoms with Crippen molar-refractivity contribution in [1.29, 1.82) is 0 Å². The molecule has 2 atom stereocenters. The number of allylic oxidation sites excluding steroid dienone is 2. The van der Waals surface area contributed by atoms with Gasteiger partial charge in [-0.3, -0.25) is 4.79 Å². The first-order valence-electron chi connectivity index (χ1n) is 6.54. The third-order valence-electron chi connectivity index (χ3n) is 4.14. The van der Waals surface area contributed by atoms with Gasteiger partial charge in [-0.25, -0.2) is 0 Å². The van der Waals surface area contributed by atoms with Crippen LogP contribution in [0.4, 0.5) is 0 Å². The zero-order valence-electron chi connectivity index (χ0n) is 9.80. The minimum Gasteiger partial charge on any atom is -0.295 e. The standard InChI is InChI=1S/C14H22O/c1-2-11-6-3-4-9-14(11)12-7-5-8-13(15)10-12/h10-11,14H,2-9H2,1H3. The first-order chi connectivity index (χ1) is 7.31. The van der Waals surface area contributed by atoms with Crippen LogP contribution in [0.25, 0.3) is 0 Å². The average Bonchev–Trinajstić information content (AvgIpc) is 2.29. The first kappa shape index (κ1) is 10.9. The van der Waals surface area contributed by atoms with Crippen LogP contribution in [0.1, 0.15) is 58.3 Å². The number of ketones is 1. The molecule has 0 bridgehead atoms. The van der Waals surface area contributed by atoms with Gasteiger partial charge >= 0.3 is 0 Å². The van der Waals surface area contributed by atoms with Crippen molar-refractivity contribution < 1.29 is 4.79 Å². The fourth-order valence-electron chi connectivity index (χ4n) is 3.29. The highest BCUT2D eigenvalue weighted by molar-refractivity contribution is 5.91. The molecule has 1 saturated carbocycles. The quantitative estimate of drug-likeness (QED) is 0.670. The molecule has 1 fully saturated rings. The van der Waals surface area contributed by atoms with Crippen LogP contribution < -0.4 is 0 Å². The topological polar surface area (TPSA) is 17.1 Å². The molecule has 0 aliphatic heterocycles. The minimum absolute atomic E-state index is 0.372. The third-order valence-corrected chi connectivity index (χ3v) is 4.14. The van der Waals surface area contributed by atoms with E-state index in [4.69, 9.17) is 0 Å². The molecular weight excluding hydrogens is 184 g/mol. The largest absolute Gasteiger partial charge is 0.295 e. The highest BCUT2D eigenvalue weighted by atomic mass is 16.1. The van der Waals surface area contributed by atoms with Crippen molar-refractivity contribution in [1.82, 2.24) is 0 Å². The summed E-state index contributed by atoms with van der Waals surface area (Å²) < 4.78 is 0. The molecule has 0 amide bonds. The smallest absolute Gasteiger partial charge is 0.155 e. The lowest BCUT2D eigenvalue weighted by Gasteiger charge is -2.33. The zero-order valence-corrected chi connectivity index (χ0v) is 9.80. The van der Waals surface area contributed by atoms with E-state index in [9.17, 15) is 4.79 Å². The van der Waals surface area contributed by atoms with Gasteiger partial charge < -0.3 is 0 Å². The van der Waals surface area contributed by atoms with Gasteiger partial charge in [0.1, 0.15) is 0 Å². The fourth-order valence-corrected chi connectivity index (χ4v) is 3.29. The Bertz CT molecular complexity index is 265. The Hall–Kier alpha value is -0.590. The lowest BCUT2D eigenvalue weighted by Crippen LogP contribution is -2.23. The van der Waals surface area contributed by atoms with E-state index < -0.39 is 0 Å². The van der Waals surface area contributed by atoms with E-state index >= 15 is 0 Å². The summed E-state index contributed by atoms with van der Waals surface area (Å²) >= 11 is 0. The molecule has 2 aliphatic carbocycles. The summed E-state index contributed by atoms with van der Waals surface area (Å²) in [7, 11) is 0. The number of hydrogen-bond acceptors (Lipinski definition) is 1. The average molecular weight is 206 g/mol. The van der Waals surface area contributed by atoms with E-state index in [1.165, 1.54) is 44.1 Å². The molecule has 2 aliphatic rings. The number of rotatable bonds is 2. The normalized spacial score (nSPS) is 32.6. The Kier molecular flexibility index (Phi) is 3.61. The predicted molar refractivity (Wildman–Crippen MR) is 62.7 cm³/mol. The molecule has 1 nitrogen and oxygen atoms in total. The van der Waals surface area contributed by atoms with Crippen LogP contribution in [-0.4, -0.2) is 5.78 Å². The van der Waals surface area contributed by atoms with Gasteiger partial charge in [-0.2, -0.15) is 0 Å². The summed E-state index contributed by atoms with van der Waals surface area (Å²) in [6.45, 7) is 2.30. The van der Waals surface area contributed by atoms with Crippen molar-refractivity contribution in [3.63, 3.8) is 0 Å². The Morgan fingerprint density at radius 2 is 2.00 bits per heavy atom. The molecule has 0 aromatic rings. The first-order valence-corrected chi connectivity index (χ1v) is 6.54. The van der Waals surface area contributed by atoms with Crippen molar-refractivity contribution in [3.8, 4) is 0 Å². The van der Waals surface area contributed by atoms with Crippen LogP contribution in [0.3, 0.4) is 0 Å². The Morgan fingerprint density at radius 3 is 2.73 bits per heavy atom. The number of carbonyl (C=O) groups is 1. The van der Waals surface area contributed by atoms with Gasteiger partial charge in [0.25, 0.3) is 0 Å². The van der Waals surface area contributed by atoms with Crippen molar-refractivity contribution in [2.75, 3.05) is 0 Å². The summed E-state index contributed by atoms with van der Waals surface area (Å²) in [5.41, 5.74) is 1.48. The van der Waals surface area contributed by atoms with Gasteiger partial charge in [-0.1, -0.05) is 31.8 Å². The molecule has 0 N–H and O–H groups in total.